The van der Waals surface area contributed by atoms with Gasteiger partial charge in [-0.2, -0.15) is 10.2 Å². The van der Waals surface area contributed by atoms with Gasteiger partial charge in [0.1, 0.15) is 5.02 Å². The SMILES string of the molecule is CC(C)n1nc(C(=O)N/N=C\c2ccc(Cl)c([N+](=O)[O-])c2)c2ccccc2c1=O. The number of carbonyl (C=O) groups is 1. The second-order valence-corrected chi connectivity index (χ2v) is 6.81. The zero-order chi connectivity index (χ0) is 21.1. The Kier molecular flexibility index (Phi) is 5.69. The summed E-state index contributed by atoms with van der Waals surface area (Å²) in [4.78, 5) is 35.5. The van der Waals surface area contributed by atoms with Gasteiger partial charge in [-0.25, -0.2) is 10.1 Å². The number of benzene rings is 2. The summed E-state index contributed by atoms with van der Waals surface area (Å²) in [5, 5.41) is 19.8. The number of hydrogen-bond acceptors (Lipinski definition) is 6. The van der Waals surface area contributed by atoms with Gasteiger partial charge in [-0.3, -0.25) is 19.7 Å². The monoisotopic (exact) mass is 413 g/mol. The summed E-state index contributed by atoms with van der Waals surface area (Å²) >= 11 is 5.77. The van der Waals surface area contributed by atoms with Crippen LogP contribution in [0.3, 0.4) is 0 Å². The molecule has 3 aromatic rings. The average molecular weight is 414 g/mol. The normalized spacial score (nSPS) is 11.3. The van der Waals surface area contributed by atoms with Crippen LogP contribution in [0, 0.1) is 10.1 Å². The van der Waals surface area contributed by atoms with Crippen molar-refractivity contribution in [2.75, 3.05) is 0 Å². The molecule has 10 heteroatoms. The maximum absolute atomic E-state index is 12.6. The number of nitro groups is 1. The number of nitrogens with zero attached hydrogens (tertiary/aromatic N) is 4. The number of amides is 1. The lowest BCUT2D eigenvalue weighted by Gasteiger charge is -2.12. The number of aromatic nitrogens is 2. The molecule has 0 saturated carbocycles. The van der Waals surface area contributed by atoms with Crippen LogP contribution in [0.5, 0.6) is 0 Å². The van der Waals surface area contributed by atoms with Gasteiger partial charge in [-0.05, 0) is 26.0 Å². The first-order valence-electron chi connectivity index (χ1n) is 8.58. The number of hydrazone groups is 1. The molecule has 0 aliphatic rings. The highest BCUT2D eigenvalue weighted by atomic mass is 35.5. The number of nitrogens with one attached hydrogen (secondary N) is 1. The zero-order valence-electron chi connectivity index (χ0n) is 15.5. The second kappa shape index (κ2) is 8.19. The van der Waals surface area contributed by atoms with Crippen molar-refractivity contribution in [2.45, 2.75) is 19.9 Å². The van der Waals surface area contributed by atoms with E-state index < -0.39 is 10.8 Å². The molecular weight excluding hydrogens is 398 g/mol. The summed E-state index contributed by atoms with van der Waals surface area (Å²) < 4.78 is 1.24. The van der Waals surface area contributed by atoms with Crippen LogP contribution in [-0.4, -0.2) is 26.8 Å². The third kappa shape index (κ3) is 4.14. The lowest BCUT2D eigenvalue weighted by Crippen LogP contribution is -2.30. The van der Waals surface area contributed by atoms with Crippen LogP contribution in [0.2, 0.25) is 5.02 Å². The lowest BCUT2D eigenvalue weighted by atomic mass is 10.1. The van der Waals surface area contributed by atoms with E-state index >= 15 is 0 Å². The van der Waals surface area contributed by atoms with Gasteiger partial charge in [0.25, 0.3) is 17.2 Å². The summed E-state index contributed by atoms with van der Waals surface area (Å²) in [7, 11) is 0. The van der Waals surface area contributed by atoms with Crippen LogP contribution in [0.4, 0.5) is 5.69 Å². The minimum atomic E-state index is -0.615. The molecule has 0 fully saturated rings. The molecule has 0 spiro atoms. The van der Waals surface area contributed by atoms with Crippen LogP contribution < -0.4 is 11.0 Å². The number of nitro benzene ring substituents is 1. The van der Waals surface area contributed by atoms with Crippen molar-refractivity contribution in [1.29, 1.82) is 0 Å². The smallest absolute Gasteiger partial charge is 0.267 e. The molecule has 0 atom stereocenters. The van der Waals surface area contributed by atoms with Crippen molar-refractivity contribution in [2.24, 2.45) is 5.10 Å². The van der Waals surface area contributed by atoms with E-state index in [9.17, 15) is 19.7 Å². The fourth-order valence-corrected chi connectivity index (χ4v) is 2.88. The number of fused-ring (bicyclic) bond motifs is 1. The molecule has 148 valence electrons. The Bertz CT molecular complexity index is 1200. The fraction of sp³-hybridized carbons (Fsp3) is 0.158. The minimum absolute atomic E-state index is 0.00259. The van der Waals surface area contributed by atoms with E-state index in [2.05, 4.69) is 15.6 Å². The molecule has 1 aromatic heterocycles. The van der Waals surface area contributed by atoms with Gasteiger partial charge in [0.15, 0.2) is 5.69 Å². The van der Waals surface area contributed by atoms with Gasteiger partial charge in [-0.1, -0.05) is 35.9 Å². The number of hydrogen-bond donors (Lipinski definition) is 1. The van der Waals surface area contributed by atoms with Crippen molar-refractivity contribution < 1.29 is 9.72 Å². The molecule has 0 aliphatic heterocycles. The third-order valence-electron chi connectivity index (χ3n) is 4.08. The predicted octanol–water partition coefficient (Wildman–Crippen LogP) is 3.30. The topological polar surface area (TPSA) is 119 Å². The summed E-state index contributed by atoms with van der Waals surface area (Å²) in [6, 6.07) is 10.6. The third-order valence-corrected chi connectivity index (χ3v) is 4.40. The molecule has 0 radical (unpaired) electrons. The van der Waals surface area contributed by atoms with Gasteiger partial charge < -0.3 is 0 Å². The van der Waals surface area contributed by atoms with E-state index in [0.717, 1.165) is 0 Å². The van der Waals surface area contributed by atoms with E-state index in [1.165, 1.54) is 29.1 Å². The Morgan fingerprint density at radius 3 is 2.62 bits per heavy atom. The minimum Gasteiger partial charge on any atom is -0.267 e. The maximum atomic E-state index is 12.6. The molecule has 2 aromatic carbocycles. The summed E-state index contributed by atoms with van der Waals surface area (Å²) in [6.07, 6.45) is 1.25. The number of halogens is 1. The summed E-state index contributed by atoms with van der Waals surface area (Å²) in [5.41, 5.74) is 2.22. The van der Waals surface area contributed by atoms with Crippen LogP contribution >= 0.6 is 11.6 Å². The van der Waals surface area contributed by atoms with Crippen LogP contribution in [0.1, 0.15) is 35.9 Å². The van der Waals surface area contributed by atoms with Gasteiger partial charge >= 0.3 is 0 Å². The lowest BCUT2D eigenvalue weighted by molar-refractivity contribution is -0.384. The molecule has 0 saturated heterocycles. The van der Waals surface area contributed by atoms with E-state index in [4.69, 9.17) is 11.6 Å². The molecule has 29 heavy (non-hydrogen) atoms. The van der Waals surface area contributed by atoms with Crippen LogP contribution in [0.15, 0.2) is 52.4 Å². The Balaban J connectivity index is 1.92. The number of carbonyl (C=O) groups excluding carboxylic acids is 1. The molecule has 0 aliphatic carbocycles. The molecule has 0 bridgehead atoms. The zero-order valence-corrected chi connectivity index (χ0v) is 16.3. The van der Waals surface area contributed by atoms with Crippen molar-refractivity contribution in [3.8, 4) is 0 Å². The van der Waals surface area contributed by atoms with Crippen LogP contribution in [0.25, 0.3) is 10.8 Å². The predicted molar refractivity (Wildman–Crippen MR) is 110 cm³/mol. The molecule has 0 unspecified atom stereocenters. The second-order valence-electron chi connectivity index (χ2n) is 6.40. The quantitative estimate of drug-likeness (QED) is 0.391. The maximum Gasteiger partial charge on any atom is 0.292 e. The summed E-state index contributed by atoms with van der Waals surface area (Å²) in [5.74, 6) is -0.615. The van der Waals surface area contributed by atoms with E-state index in [1.54, 1.807) is 38.1 Å². The van der Waals surface area contributed by atoms with Gasteiger partial charge in [0, 0.05) is 17.0 Å². The van der Waals surface area contributed by atoms with Gasteiger partial charge in [0.05, 0.1) is 22.6 Å². The first-order valence-corrected chi connectivity index (χ1v) is 8.96. The highest BCUT2D eigenvalue weighted by Gasteiger charge is 2.17. The fourth-order valence-electron chi connectivity index (χ4n) is 2.69. The molecule has 3 rings (SSSR count). The van der Waals surface area contributed by atoms with Crippen molar-refractivity contribution in [1.82, 2.24) is 15.2 Å². The molecule has 1 N–H and O–H groups in total. The Hall–Kier alpha value is -3.59. The first-order chi connectivity index (χ1) is 13.8. The first kappa shape index (κ1) is 20.2. The highest BCUT2D eigenvalue weighted by molar-refractivity contribution is 6.32. The van der Waals surface area contributed by atoms with Crippen LogP contribution in [-0.2, 0) is 0 Å². The van der Waals surface area contributed by atoms with E-state index in [-0.39, 0.29) is 28.0 Å². The van der Waals surface area contributed by atoms with Crippen molar-refractivity contribution >= 4 is 40.2 Å². The van der Waals surface area contributed by atoms with Crippen molar-refractivity contribution in [3.05, 3.63) is 79.2 Å². The average Bonchev–Trinajstić information content (AvgIpc) is 2.69. The Morgan fingerprint density at radius 2 is 1.97 bits per heavy atom. The van der Waals surface area contributed by atoms with Gasteiger partial charge in [-0.15, -0.1) is 0 Å². The molecular formula is C19H16ClN5O4. The Morgan fingerprint density at radius 1 is 1.28 bits per heavy atom. The van der Waals surface area contributed by atoms with E-state index in [1.807, 2.05) is 0 Å². The van der Waals surface area contributed by atoms with E-state index in [0.29, 0.717) is 16.3 Å². The Labute approximate surface area is 169 Å². The number of rotatable bonds is 5. The standard InChI is InChI=1S/C19H16ClN5O4/c1-11(2)24-19(27)14-6-4-3-5-13(14)17(23-24)18(26)22-21-10-12-7-8-15(20)16(9-12)25(28)29/h3-11H,1-2H3,(H,22,26)/b21-10-. The summed E-state index contributed by atoms with van der Waals surface area (Å²) in [6.45, 7) is 3.58. The van der Waals surface area contributed by atoms with Gasteiger partial charge in [0.2, 0.25) is 0 Å². The molecule has 9 nitrogen and oxygen atoms in total. The van der Waals surface area contributed by atoms with Crippen molar-refractivity contribution in [3.63, 3.8) is 0 Å². The molecule has 1 heterocycles. The molecule has 1 amide bonds. The highest BCUT2D eigenvalue weighted by Crippen LogP contribution is 2.24. The largest absolute Gasteiger partial charge is 0.292 e.